The van der Waals surface area contributed by atoms with Gasteiger partial charge in [0.25, 0.3) is 0 Å². The molecule has 0 unspecified atom stereocenters. The van der Waals surface area contributed by atoms with Gasteiger partial charge in [-0.25, -0.2) is 13.1 Å². The van der Waals surface area contributed by atoms with Gasteiger partial charge in [-0.1, -0.05) is 31.5 Å². The number of carboxylic acids is 1. The molecule has 5 nitrogen and oxygen atoms in total. The van der Waals surface area contributed by atoms with Gasteiger partial charge in [0.05, 0.1) is 16.9 Å². The third-order valence-electron chi connectivity index (χ3n) is 2.62. The second-order valence-electron chi connectivity index (χ2n) is 4.94. The maximum Gasteiger partial charge on any atom is 0.241 e. The molecule has 0 aliphatic heterocycles. The number of hydrogen-bond donors (Lipinski definition) is 1. The van der Waals surface area contributed by atoms with E-state index in [2.05, 4.69) is 4.72 Å². The maximum absolute atomic E-state index is 12.0. The minimum atomic E-state index is -3.84. The Labute approximate surface area is 113 Å². The van der Waals surface area contributed by atoms with Crippen LogP contribution in [0.3, 0.4) is 0 Å². The zero-order valence-electron chi connectivity index (χ0n) is 11.2. The van der Waals surface area contributed by atoms with Crippen molar-refractivity contribution in [1.29, 1.82) is 0 Å². The number of hydrogen-bond acceptors (Lipinski definition) is 4. The van der Waals surface area contributed by atoms with Crippen LogP contribution in [-0.4, -0.2) is 20.4 Å². The Morgan fingerprint density at radius 1 is 1.26 bits per heavy atom. The summed E-state index contributed by atoms with van der Waals surface area (Å²) in [4.78, 5) is 11.0. The smallest absolute Gasteiger partial charge is 0.241 e. The molecule has 1 rings (SSSR count). The fraction of sp³-hybridized carbons (Fsp3) is 0.462. The fourth-order valence-corrected chi connectivity index (χ4v) is 2.83. The molecule has 0 aliphatic carbocycles. The molecular formula is C13H18NO4S-. The van der Waals surface area contributed by atoms with Gasteiger partial charge in [-0.3, -0.25) is 0 Å². The third kappa shape index (κ3) is 4.65. The van der Waals surface area contributed by atoms with Crippen molar-refractivity contribution in [2.24, 2.45) is 5.92 Å². The number of carbonyl (C=O) groups is 1. The highest BCUT2D eigenvalue weighted by atomic mass is 32.2. The Kier molecular flexibility index (Phi) is 5.08. The Morgan fingerprint density at radius 2 is 1.79 bits per heavy atom. The average molecular weight is 284 g/mol. The summed E-state index contributed by atoms with van der Waals surface area (Å²) in [6, 6.07) is 4.99. The molecule has 0 saturated carbocycles. The molecule has 1 atom stereocenters. The maximum atomic E-state index is 12.0. The van der Waals surface area contributed by atoms with Gasteiger partial charge in [0.1, 0.15) is 0 Å². The largest absolute Gasteiger partial charge is 0.548 e. The quantitative estimate of drug-likeness (QED) is 0.821. The number of carboxylic acid groups (broad SMARTS) is 1. The van der Waals surface area contributed by atoms with E-state index in [1.54, 1.807) is 12.1 Å². The first kappa shape index (κ1) is 15.7. The van der Waals surface area contributed by atoms with Crippen LogP contribution in [0.5, 0.6) is 0 Å². The van der Waals surface area contributed by atoms with E-state index < -0.39 is 22.0 Å². The van der Waals surface area contributed by atoms with Gasteiger partial charge in [-0.2, -0.15) is 0 Å². The van der Waals surface area contributed by atoms with Crippen molar-refractivity contribution in [2.75, 3.05) is 0 Å². The highest BCUT2D eigenvalue weighted by molar-refractivity contribution is 7.89. The molecule has 0 spiro atoms. The zero-order valence-corrected chi connectivity index (χ0v) is 12.0. The minimum absolute atomic E-state index is 0.0450. The molecule has 19 heavy (non-hydrogen) atoms. The molecule has 1 aromatic rings. The van der Waals surface area contributed by atoms with Gasteiger partial charge in [-0.05, 0) is 31.4 Å². The molecule has 0 aromatic heterocycles. The van der Waals surface area contributed by atoms with Crippen LogP contribution in [0.4, 0.5) is 0 Å². The monoisotopic (exact) mass is 284 g/mol. The van der Waals surface area contributed by atoms with Crippen LogP contribution in [0.1, 0.15) is 25.8 Å². The topological polar surface area (TPSA) is 86.3 Å². The standard InChI is InChI=1S/C13H19NO4S/c1-9(2)8-12(13(15)16)14-19(17,18)11-6-4-10(3)5-7-11/h4-7,9,12,14H,8H2,1-3H3,(H,15,16)/p-1/t12-/m0/s1. The molecule has 1 aromatic carbocycles. The molecule has 0 aliphatic rings. The molecule has 0 heterocycles. The summed E-state index contributed by atoms with van der Waals surface area (Å²) in [5.41, 5.74) is 0.928. The van der Waals surface area contributed by atoms with E-state index in [0.29, 0.717) is 0 Å². The van der Waals surface area contributed by atoms with Gasteiger partial charge in [0.2, 0.25) is 10.0 Å². The number of aliphatic carboxylic acids is 1. The molecule has 1 N–H and O–H groups in total. The normalized spacial score (nSPS) is 13.5. The molecule has 0 fully saturated rings. The summed E-state index contributed by atoms with van der Waals surface area (Å²) in [6.45, 7) is 5.47. The van der Waals surface area contributed by atoms with Crippen molar-refractivity contribution in [3.63, 3.8) is 0 Å². The van der Waals surface area contributed by atoms with Crippen molar-refractivity contribution in [1.82, 2.24) is 4.72 Å². The summed E-state index contributed by atoms with van der Waals surface area (Å²) >= 11 is 0. The van der Waals surface area contributed by atoms with Crippen LogP contribution in [-0.2, 0) is 14.8 Å². The highest BCUT2D eigenvalue weighted by Gasteiger charge is 2.21. The predicted molar refractivity (Wildman–Crippen MR) is 69.8 cm³/mol. The first-order valence-corrected chi connectivity index (χ1v) is 7.50. The van der Waals surface area contributed by atoms with Crippen LogP contribution in [0.25, 0.3) is 0 Å². The first-order chi connectivity index (χ1) is 8.72. The van der Waals surface area contributed by atoms with Gasteiger partial charge >= 0.3 is 0 Å². The molecule has 0 bridgehead atoms. The van der Waals surface area contributed by atoms with E-state index in [1.165, 1.54) is 12.1 Å². The van der Waals surface area contributed by atoms with Crippen LogP contribution >= 0.6 is 0 Å². The van der Waals surface area contributed by atoms with Crippen molar-refractivity contribution in [3.05, 3.63) is 29.8 Å². The van der Waals surface area contributed by atoms with Crippen LogP contribution in [0, 0.1) is 12.8 Å². The molecule has 0 amide bonds. The number of nitrogens with one attached hydrogen (secondary N) is 1. The lowest BCUT2D eigenvalue weighted by Crippen LogP contribution is -2.48. The number of sulfonamides is 1. The Bertz CT molecular complexity index is 534. The van der Waals surface area contributed by atoms with E-state index >= 15 is 0 Å². The molecule has 106 valence electrons. The predicted octanol–water partition coefficient (Wildman–Crippen LogP) is 0.438. The lowest BCUT2D eigenvalue weighted by Gasteiger charge is -2.21. The van der Waals surface area contributed by atoms with E-state index in [4.69, 9.17) is 0 Å². The van der Waals surface area contributed by atoms with Gasteiger partial charge in [-0.15, -0.1) is 0 Å². The van der Waals surface area contributed by atoms with Crippen molar-refractivity contribution in [3.8, 4) is 0 Å². The zero-order chi connectivity index (χ0) is 14.6. The second-order valence-corrected chi connectivity index (χ2v) is 6.65. The minimum Gasteiger partial charge on any atom is -0.548 e. The lowest BCUT2D eigenvalue weighted by atomic mass is 10.1. The average Bonchev–Trinajstić information content (AvgIpc) is 2.27. The Balaban J connectivity index is 2.94. The summed E-state index contributed by atoms with van der Waals surface area (Å²) in [5, 5.41) is 11.0. The van der Waals surface area contributed by atoms with Gasteiger partial charge < -0.3 is 9.90 Å². The SMILES string of the molecule is Cc1ccc(S(=O)(=O)N[C@@H](CC(C)C)C(=O)[O-])cc1. The lowest BCUT2D eigenvalue weighted by molar-refractivity contribution is -0.308. The van der Waals surface area contributed by atoms with Gasteiger partial charge in [0.15, 0.2) is 0 Å². The van der Waals surface area contributed by atoms with Crippen LogP contribution in [0.2, 0.25) is 0 Å². The number of benzene rings is 1. The fourth-order valence-electron chi connectivity index (χ4n) is 1.64. The van der Waals surface area contributed by atoms with Gasteiger partial charge in [0, 0.05) is 0 Å². The van der Waals surface area contributed by atoms with E-state index in [0.717, 1.165) is 5.56 Å². The van der Waals surface area contributed by atoms with Crippen molar-refractivity contribution in [2.45, 2.75) is 38.1 Å². The van der Waals surface area contributed by atoms with Crippen molar-refractivity contribution >= 4 is 16.0 Å². The van der Waals surface area contributed by atoms with E-state index in [9.17, 15) is 18.3 Å². The summed E-state index contributed by atoms with van der Waals surface area (Å²) in [7, 11) is -3.84. The second kappa shape index (κ2) is 6.16. The molecule has 0 saturated heterocycles. The van der Waals surface area contributed by atoms with E-state index in [1.807, 2.05) is 20.8 Å². The number of aryl methyl sites for hydroxylation is 1. The molecule has 0 radical (unpaired) electrons. The van der Waals surface area contributed by atoms with Crippen LogP contribution in [0.15, 0.2) is 29.2 Å². The Hall–Kier alpha value is -1.40. The third-order valence-corrected chi connectivity index (χ3v) is 4.11. The van der Waals surface area contributed by atoms with Crippen LogP contribution < -0.4 is 9.83 Å². The highest BCUT2D eigenvalue weighted by Crippen LogP contribution is 2.12. The first-order valence-electron chi connectivity index (χ1n) is 6.02. The summed E-state index contributed by atoms with van der Waals surface area (Å²) in [6.07, 6.45) is 0.188. The molecular weight excluding hydrogens is 266 g/mol. The Morgan fingerprint density at radius 3 is 2.21 bits per heavy atom. The van der Waals surface area contributed by atoms with Crippen molar-refractivity contribution < 1.29 is 18.3 Å². The molecule has 6 heteroatoms. The number of carbonyl (C=O) groups excluding carboxylic acids is 1. The van der Waals surface area contributed by atoms with E-state index in [-0.39, 0.29) is 17.2 Å². The number of rotatable bonds is 6. The summed E-state index contributed by atoms with van der Waals surface area (Å²) in [5.74, 6) is -1.37. The summed E-state index contributed by atoms with van der Waals surface area (Å²) < 4.78 is 26.2.